The topological polar surface area (TPSA) is 48.1 Å². The molecular weight excluding hydrogens is 352 g/mol. The average molecular weight is 370 g/mol. The Kier molecular flexibility index (Phi) is 6.03. The van der Waals surface area contributed by atoms with Gasteiger partial charge in [0, 0.05) is 16.7 Å². The Morgan fingerprint density at radius 1 is 1.33 bits per heavy atom. The van der Waals surface area contributed by atoms with Gasteiger partial charge in [0.15, 0.2) is 0 Å². The molecule has 0 aliphatic heterocycles. The van der Waals surface area contributed by atoms with Gasteiger partial charge in [0.25, 0.3) is 0 Å². The summed E-state index contributed by atoms with van der Waals surface area (Å²) in [6.45, 7) is 2.45. The Morgan fingerprint density at radius 3 is 2.81 bits per heavy atom. The first-order valence-electron chi connectivity index (χ1n) is 6.86. The highest BCUT2D eigenvalue weighted by molar-refractivity contribution is 9.10. The van der Waals surface area contributed by atoms with E-state index >= 15 is 0 Å². The fourth-order valence-corrected chi connectivity index (χ4v) is 2.42. The molecule has 1 unspecified atom stereocenters. The number of benzene rings is 1. The van der Waals surface area contributed by atoms with Crippen LogP contribution in [0.15, 0.2) is 41.0 Å². The van der Waals surface area contributed by atoms with E-state index in [2.05, 4.69) is 27.8 Å². The van der Waals surface area contributed by atoms with Crippen LogP contribution >= 0.6 is 27.5 Å². The van der Waals surface area contributed by atoms with Crippen LogP contribution in [0.2, 0.25) is 5.02 Å². The molecule has 0 aliphatic rings. The highest BCUT2D eigenvalue weighted by atomic mass is 79.9. The minimum absolute atomic E-state index is 0.108. The van der Waals surface area contributed by atoms with Crippen LogP contribution in [0.25, 0.3) is 0 Å². The van der Waals surface area contributed by atoms with Gasteiger partial charge < -0.3 is 10.5 Å². The highest BCUT2D eigenvalue weighted by Crippen LogP contribution is 2.30. The Hall–Kier alpha value is -1.10. The minimum atomic E-state index is 0.108. The van der Waals surface area contributed by atoms with Crippen LogP contribution in [0.5, 0.6) is 5.75 Å². The minimum Gasteiger partial charge on any atom is -0.485 e. The van der Waals surface area contributed by atoms with Gasteiger partial charge in [0.1, 0.15) is 12.4 Å². The molecule has 0 aliphatic carbocycles. The maximum Gasteiger partial charge on any atom is 0.141 e. The zero-order chi connectivity index (χ0) is 15.2. The Morgan fingerprint density at radius 2 is 2.14 bits per heavy atom. The smallest absolute Gasteiger partial charge is 0.141 e. The van der Waals surface area contributed by atoms with Crippen molar-refractivity contribution in [1.29, 1.82) is 0 Å². The van der Waals surface area contributed by atoms with E-state index in [1.54, 1.807) is 6.20 Å². The molecule has 21 heavy (non-hydrogen) atoms. The SMILES string of the molecule is CCC(N)Cc1cccc(Cl)c1OCc1ccc(Br)cn1. The van der Waals surface area contributed by atoms with Crippen molar-refractivity contribution in [3.63, 3.8) is 0 Å². The number of pyridine rings is 1. The quantitative estimate of drug-likeness (QED) is 0.823. The van der Waals surface area contributed by atoms with Gasteiger partial charge in [-0.15, -0.1) is 0 Å². The van der Waals surface area contributed by atoms with E-state index in [9.17, 15) is 0 Å². The molecule has 0 spiro atoms. The van der Waals surface area contributed by atoms with Crippen LogP contribution in [0.3, 0.4) is 0 Å². The molecule has 3 nitrogen and oxygen atoms in total. The number of ether oxygens (including phenoxy) is 1. The van der Waals surface area contributed by atoms with Crippen LogP contribution in [0.1, 0.15) is 24.6 Å². The van der Waals surface area contributed by atoms with Gasteiger partial charge >= 0.3 is 0 Å². The van der Waals surface area contributed by atoms with Gasteiger partial charge in [-0.1, -0.05) is 30.7 Å². The lowest BCUT2D eigenvalue weighted by molar-refractivity contribution is 0.297. The average Bonchev–Trinajstić information content (AvgIpc) is 2.48. The molecular formula is C16H18BrClN2O. The standard InChI is InChI=1S/C16H18BrClN2O/c1-2-13(19)8-11-4-3-5-15(18)16(11)21-10-14-7-6-12(17)9-20-14/h3-7,9,13H,2,8,10,19H2,1H3. The molecule has 2 aromatic rings. The van der Waals surface area contributed by atoms with Gasteiger partial charge in [0.2, 0.25) is 0 Å². The largest absolute Gasteiger partial charge is 0.485 e. The first kappa shape index (κ1) is 16.3. The van der Waals surface area contributed by atoms with E-state index in [1.807, 2.05) is 30.3 Å². The molecule has 2 N–H and O–H groups in total. The lowest BCUT2D eigenvalue weighted by Crippen LogP contribution is -2.21. The maximum absolute atomic E-state index is 6.25. The molecule has 0 amide bonds. The van der Waals surface area contributed by atoms with E-state index in [0.29, 0.717) is 17.4 Å². The van der Waals surface area contributed by atoms with Crippen molar-refractivity contribution in [3.05, 3.63) is 57.3 Å². The van der Waals surface area contributed by atoms with Crippen LogP contribution in [0, 0.1) is 0 Å². The summed E-state index contributed by atoms with van der Waals surface area (Å²) in [7, 11) is 0. The summed E-state index contributed by atoms with van der Waals surface area (Å²) in [5.41, 5.74) is 7.92. The van der Waals surface area contributed by atoms with Gasteiger partial charge in [-0.25, -0.2) is 0 Å². The maximum atomic E-state index is 6.25. The number of nitrogens with zero attached hydrogens (tertiary/aromatic N) is 1. The molecule has 2 rings (SSSR count). The molecule has 0 fully saturated rings. The fourth-order valence-electron chi connectivity index (χ4n) is 1.94. The molecule has 0 radical (unpaired) electrons. The van der Waals surface area contributed by atoms with Crippen molar-refractivity contribution >= 4 is 27.5 Å². The summed E-state index contributed by atoms with van der Waals surface area (Å²) in [4.78, 5) is 4.29. The predicted octanol–water partition coefficient (Wildman–Crippen LogP) is 4.36. The summed E-state index contributed by atoms with van der Waals surface area (Å²) >= 11 is 9.62. The predicted molar refractivity (Wildman–Crippen MR) is 89.7 cm³/mol. The molecule has 1 heterocycles. The zero-order valence-corrected chi connectivity index (χ0v) is 14.2. The van der Waals surface area contributed by atoms with Crippen molar-refractivity contribution < 1.29 is 4.74 Å². The van der Waals surface area contributed by atoms with Crippen LogP contribution in [-0.4, -0.2) is 11.0 Å². The number of halogens is 2. The normalized spacial score (nSPS) is 12.2. The van der Waals surface area contributed by atoms with E-state index in [1.165, 1.54) is 0 Å². The number of para-hydroxylation sites is 1. The van der Waals surface area contributed by atoms with Gasteiger partial charge in [0.05, 0.1) is 10.7 Å². The second kappa shape index (κ2) is 7.78. The number of nitrogens with two attached hydrogens (primary N) is 1. The van der Waals surface area contributed by atoms with Crippen LogP contribution < -0.4 is 10.5 Å². The van der Waals surface area contributed by atoms with Gasteiger partial charge in [-0.05, 0) is 52.5 Å². The number of hydrogen-bond donors (Lipinski definition) is 1. The van der Waals surface area contributed by atoms with Crippen molar-refractivity contribution in [2.75, 3.05) is 0 Å². The third-order valence-electron chi connectivity index (χ3n) is 3.21. The van der Waals surface area contributed by atoms with E-state index in [4.69, 9.17) is 22.1 Å². The van der Waals surface area contributed by atoms with Crippen LogP contribution in [0.4, 0.5) is 0 Å². The van der Waals surface area contributed by atoms with Crippen molar-refractivity contribution in [2.24, 2.45) is 5.73 Å². The first-order chi connectivity index (χ1) is 10.1. The lowest BCUT2D eigenvalue weighted by Gasteiger charge is -2.15. The van der Waals surface area contributed by atoms with E-state index < -0.39 is 0 Å². The molecule has 1 aromatic carbocycles. The molecule has 0 bridgehead atoms. The van der Waals surface area contributed by atoms with Crippen molar-refractivity contribution in [3.8, 4) is 5.75 Å². The lowest BCUT2D eigenvalue weighted by atomic mass is 10.0. The second-order valence-electron chi connectivity index (χ2n) is 4.86. The van der Waals surface area contributed by atoms with E-state index in [0.717, 1.165) is 28.6 Å². The summed E-state index contributed by atoms with van der Waals surface area (Å²) in [6, 6.07) is 9.71. The third kappa shape index (κ3) is 4.70. The second-order valence-corrected chi connectivity index (χ2v) is 6.18. The number of aromatic nitrogens is 1. The Balaban J connectivity index is 2.12. The van der Waals surface area contributed by atoms with Gasteiger partial charge in [-0.2, -0.15) is 0 Å². The number of hydrogen-bond acceptors (Lipinski definition) is 3. The fraction of sp³-hybridized carbons (Fsp3) is 0.312. The molecule has 5 heteroatoms. The molecule has 112 valence electrons. The van der Waals surface area contributed by atoms with Crippen molar-refractivity contribution in [2.45, 2.75) is 32.4 Å². The summed E-state index contributed by atoms with van der Waals surface area (Å²) in [6.07, 6.45) is 3.42. The number of rotatable bonds is 6. The molecule has 1 aromatic heterocycles. The molecule has 1 atom stereocenters. The monoisotopic (exact) mass is 368 g/mol. The first-order valence-corrected chi connectivity index (χ1v) is 8.03. The van der Waals surface area contributed by atoms with Crippen LogP contribution in [-0.2, 0) is 13.0 Å². The van der Waals surface area contributed by atoms with E-state index in [-0.39, 0.29) is 6.04 Å². The Bertz CT molecular complexity index is 589. The summed E-state index contributed by atoms with van der Waals surface area (Å²) in [5, 5.41) is 0.605. The van der Waals surface area contributed by atoms with Gasteiger partial charge in [-0.3, -0.25) is 4.98 Å². The third-order valence-corrected chi connectivity index (χ3v) is 3.97. The summed E-state index contributed by atoms with van der Waals surface area (Å²) < 4.78 is 6.82. The highest BCUT2D eigenvalue weighted by Gasteiger charge is 2.12. The summed E-state index contributed by atoms with van der Waals surface area (Å²) in [5.74, 6) is 0.702. The van der Waals surface area contributed by atoms with Crippen molar-refractivity contribution in [1.82, 2.24) is 4.98 Å². The Labute approximate surface area is 138 Å². The molecule has 0 saturated heterocycles. The molecule has 0 saturated carbocycles. The zero-order valence-electron chi connectivity index (χ0n) is 11.9.